The quantitative estimate of drug-likeness (QED) is 0.309. The molecule has 0 N–H and O–H groups in total. The highest BCUT2D eigenvalue weighted by Crippen LogP contribution is 2.24. The third-order valence-electron chi connectivity index (χ3n) is 4.33. The molecule has 2 amide bonds. The van der Waals surface area contributed by atoms with E-state index < -0.39 is 36.0 Å². The molecule has 1 aliphatic heterocycles. The number of amides is 2. The van der Waals surface area contributed by atoms with Crippen LogP contribution in [0.1, 0.15) is 41.4 Å². The predicted molar refractivity (Wildman–Crippen MR) is 99.6 cm³/mol. The van der Waals surface area contributed by atoms with Crippen molar-refractivity contribution in [3.63, 3.8) is 0 Å². The lowest BCUT2D eigenvalue weighted by Crippen LogP contribution is -2.29. The first-order valence-corrected chi connectivity index (χ1v) is 8.52. The van der Waals surface area contributed by atoms with Crippen LogP contribution < -0.4 is 4.74 Å². The number of Topliss-reactive ketones (excluding diaryl/α,β-unsaturated/α-hetero) is 1. The predicted octanol–water partition coefficient (Wildman–Crippen LogP) is 2.66. The number of nitrogens with zero attached hydrogens (tertiary/aromatic N) is 1. The fourth-order valence-electron chi connectivity index (χ4n) is 2.85. The number of imide groups is 1. The van der Waals surface area contributed by atoms with Gasteiger partial charge in [-0.3, -0.25) is 19.3 Å². The lowest BCUT2D eigenvalue weighted by atomic mass is 10.1. The summed E-state index contributed by atoms with van der Waals surface area (Å²) in [5.41, 5.74) is 0.290. The van der Waals surface area contributed by atoms with Crippen molar-refractivity contribution in [3.8, 4) is 5.75 Å². The number of ketones is 1. The first-order valence-electron chi connectivity index (χ1n) is 8.52. The largest absolute Gasteiger partial charge is 0.494 e. The van der Waals surface area contributed by atoms with Gasteiger partial charge in [0.1, 0.15) is 0 Å². The van der Waals surface area contributed by atoms with E-state index in [1.54, 1.807) is 0 Å². The van der Waals surface area contributed by atoms with Crippen molar-refractivity contribution in [3.05, 3.63) is 77.1 Å². The Morgan fingerprint density at radius 2 is 1.76 bits per heavy atom. The van der Waals surface area contributed by atoms with Crippen molar-refractivity contribution in [1.82, 2.24) is 4.90 Å². The summed E-state index contributed by atoms with van der Waals surface area (Å²) in [6, 6.07) is 7.58. The highest BCUT2D eigenvalue weighted by molar-refractivity contribution is 6.22. The van der Waals surface area contributed by atoms with Crippen molar-refractivity contribution in [1.29, 1.82) is 0 Å². The Morgan fingerprint density at radius 1 is 1.07 bits per heavy atom. The van der Waals surface area contributed by atoms with Crippen LogP contribution in [-0.4, -0.2) is 48.7 Å². The number of benzene rings is 2. The van der Waals surface area contributed by atoms with E-state index in [1.165, 1.54) is 43.5 Å². The van der Waals surface area contributed by atoms with Gasteiger partial charge in [-0.05, 0) is 36.4 Å². The lowest BCUT2D eigenvalue weighted by Gasteiger charge is -2.09. The minimum atomic E-state index is -0.849. The molecular weight excluding hydrogens is 381 g/mol. The summed E-state index contributed by atoms with van der Waals surface area (Å²) >= 11 is 0. The van der Waals surface area contributed by atoms with Crippen LogP contribution in [0.2, 0.25) is 0 Å². The molecule has 2 aromatic rings. The minimum Gasteiger partial charge on any atom is -0.494 e. The summed E-state index contributed by atoms with van der Waals surface area (Å²) in [6.45, 7) is 2.94. The van der Waals surface area contributed by atoms with Gasteiger partial charge in [-0.1, -0.05) is 6.08 Å². The maximum absolute atomic E-state index is 13.7. The average Bonchev–Trinajstić information content (AvgIpc) is 2.96. The molecule has 0 fully saturated rings. The molecule has 148 valence electrons. The fraction of sp³-hybridized carbons (Fsp3) is 0.143. The number of rotatable bonds is 7. The molecule has 29 heavy (non-hydrogen) atoms. The highest BCUT2D eigenvalue weighted by Gasteiger charge is 2.35. The van der Waals surface area contributed by atoms with Gasteiger partial charge in [0, 0.05) is 12.1 Å². The summed E-state index contributed by atoms with van der Waals surface area (Å²) in [6.07, 6.45) is 1.42. The molecule has 3 rings (SSSR count). The highest BCUT2D eigenvalue weighted by atomic mass is 19.1. The monoisotopic (exact) mass is 397 g/mol. The molecule has 0 radical (unpaired) electrons. The molecule has 0 atom stereocenters. The number of carbonyl (C=O) groups is 4. The van der Waals surface area contributed by atoms with Crippen LogP contribution in [0.25, 0.3) is 0 Å². The van der Waals surface area contributed by atoms with Crippen LogP contribution >= 0.6 is 0 Å². The van der Waals surface area contributed by atoms with Crippen molar-refractivity contribution < 1.29 is 33.0 Å². The standard InChI is InChI=1S/C21H16FNO6/c1-3-8-23-19(25)14-6-4-13(9-15(14)20(23)26)21(27)29-11-17(24)12-5-7-18(28-2)16(22)10-12/h3-7,9-10H,1,8,11H2,2H3. The first kappa shape index (κ1) is 19.9. The SMILES string of the molecule is C=CCN1C(=O)c2ccc(C(=O)OCC(=O)c3ccc(OC)c(F)c3)cc2C1=O. The Kier molecular flexibility index (Phi) is 5.54. The van der Waals surface area contributed by atoms with Crippen LogP contribution in [-0.2, 0) is 4.74 Å². The van der Waals surface area contributed by atoms with E-state index in [0.717, 1.165) is 11.0 Å². The normalized spacial score (nSPS) is 12.6. The summed E-state index contributed by atoms with van der Waals surface area (Å²) in [7, 11) is 1.30. The van der Waals surface area contributed by atoms with E-state index in [9.17, 15) is 23.6 Å². The van der Waals surface area contributed by atoms with Crippen LogP contribution in [0.4, 0.5) is 4.39 Å². The van der Waals surface area contributed by atoms with Crippen molar-refractivity contribution in [2.24, 2.45) is 0 Å². The summed E-state index contributed by atoms with van der Waals surface area (Å²) in [5.74, 6) is -3.19. The molecule has 0 unspecified atom stereocenters. The zero-order chi connectivity index (χ0) is 21.1. The summed E-state index contributed by atoms with van der Waals surface area (Å²) in [4.78, 5) is 49.9. The van der Waals surface area contributed by atoms with Crippen LogP contribution in [0.5, 0.6) is 5.75 Å². The van der Waals surface area contributed by atoms with Crippen molar-refractivity contribution in [2.45, 2.75) is 0 Å². The van der Waals surface area contributed by atoms with Gasteiger partial charge in [-0.25, -0.2) is 9.18 Å². The Balaban J connectivity index is 1.70. The number of halogens is 1. The summed E-state index contributed by atoms with van der Waals surface area (Å²) in [5, 5.41) is 0. The van der Waals surface area contributed by atoms with E-state index >= 15 is 0 Å². The molecule has 0 saturated heterocycles. The first-order chi connectivity index (χ1) is 13.9. The van der Waals surface area contributed by atoms with Gasteiger partial charge in [0.05, 0.1) is 23.8 Å². The third-order valence-corrected chi connectivity index (χ3v) is 4.33. The second-order valence-corrected chi connectivity index (χ2v) is 6.12. The average molecular weight is 397 g/mol. The smallest absolute Gasteiger partial charge is 0.338 e. The van der Waals surface area contributed by atoms with E-state index in [0.29, 0.717) is 0 Å². The minimum absolute atomic E-state index is 0.0126. The Labute approximate surface area is 165 Å². The molecule has 0 aromatic heterocycles. The van der Waals surface area contributed by atoms with E-state index in [2.05, 4.69) is 6.58 Å². The third kappa shape index (κ3) is 3.77. The number of methoxy groups -OCH3 is 1. The molecule has 0 aliphatic carbocycles. The molecule has 1 heterocycles. The van der Waals surface area contributed by atoms with Gasteiger partial charge in [0.15, 0.2) is 24.0 Å². The number of hydrogen-bond acceptors (Lipinski definition) is 6. The van der Waals surface area contributed by atoms with Crippen LogP contribution in [0.3, 0.4) is 0 Å². The van der Waals surface area contributed by atoms with Gasteiger partial charge in [0.25, 0.3) is 11.8 Å². The number of ether oxygens (including phenoxy) is 2. The Hall–Kier alpha value is -3.81. The fourth-order valence-corrected chi connectivity index (χ4v) is 2.85. The van der Waals surface area contributed by atoms with E-state index in [-0.39, 0.29) is 34.5 Å². The Bertz CT molecular complexity index is 1050. The zero-order valence-corrected chi connectivity index (χ0v) is 15.4. The van der Waals surface area contributed by atoms with Crippen LogP contribution in [0.15, 0.2) is 49.1 Å². The number of hydrogen-bond donors (Lipinski definition) is 0. The van der Waals surface area contributed by atoms with Crippen molar-refractivity contribution in [2.75, 3.05) is 20.3 Å². The maximum Gasteiger partial charge on any atom is 0.338 e. The molecule has 0 bridgehead atoms. The molecular formula is C21H16FNO6. The molecule has 8 heteroatoms. The van der Waals surface area contributed by atoms with Crippen LogP contribution in [0, 0.1) is 5.82 Å². The maximum atomic E-state index is 13.7. The molecule has 0 spiro atoms. The second-order valence-electron chi connectivity index (χ2n) is 6.12. The van der Waals surface area contributed by atoms with Crippen molar-refractivity contribution >= 4 is 23.6 Å². The van der Waals surface area contributed by atoms with E-state index in [1.807, 2.05) is 0 Å². The molecule has 2 aromatic carbocycles. The van der Waals surface area contributed by atoms with Gasteiger partial charge in [-0.15, -0.1) is 6.58 Å². The van der Waals surface area contributed by atoms with Gasteiger partial charge in [-0.2, -0.15) is 0 Å². The summed E-state index contributed by atoms with van der Waals surface area (Å²) < 4.78 is 23.5. The van der Waals surface area contributed by atoms with Gasteiger partial charge in [0.2, 0.25) is 0 Å². The van der Waals surface area contributed by atoms with Gasteiger partial charge < -0.3 is 9.47 Å². The molecule has 1 aliphatic rings. The topological polar surface area (TPSA) is 90.0 Å². The second kappa shape index (κ2) is 8.05. The Morgan fingerprint density at radius 3 is 2.41 bits per heavy atom. The van der Waals surface area contributed by atoms with Gasteiger partial charge >= 0.3 is 5.97 Å². The zero-order valence-electron chi connectivity index (χ0n) is 15.4. The number of esters is 1. The van der Waals surface area contributed by atoms with E-state index in [4.69, 9.17) is 9.47 Å². The number of fused-ring (bicyclic) bond motifs is 1. The number of carbonyl (C=O) groups excluding carboxylic acids is 4. The molecule has 0 saturated carbocycles. The lowest BCUT2D eigenvalue weighted by molar-refractivity contribution is 0.0474. The molecule has 7 nitrogen and oxygen atoms in total.